The molecule has 1 saturated heterocycles. The first kappa shape index (κ1) is 23.0. The van der Waals surface area contributed by atoms with Crippen molar-refractivity contribution in [3.63, 3.8) is 0 Å². The van der Waals surface area contributed by atoms with Crippen molar-refractivity contribution in [2.24, 2.45) is 0 Å². The van der Waals surface area contributed by atoms with Gasteiger partial charge in [0.05, 0.1) is 12.7 Å². The highest BCUT2D eigenvalue weighted by Crippen LogP contribution is 2.41. The van der Waals surface area contributed by atoms with Gasteiger partial charge in [0.1, 0.15) is 23.8 Å². The summed E-state index contributed by atoms with van der Waals surface area (Å²) < 4.78 is 14.2. The normalized spacial score (nSPS) is 20.1. The fourth-order valence-electron chi connectivity index (χ4n) is 4.66. The number of nitrogens with two attached hydrogens (primary N) is 1. The Bertz CT molecular complexity index is 1220. The molecule has 0 saturated carbocycles. The number of ether oxygens (including phenoxy) is 2. The van der Waals surface area contributed by atoms with Crippen LogP contribution in [0.2, 0.25) is 0 Å². The maximum Gasteiger partial charge on any atom is 0.351 e. The lowest BCUT2D eigenvalue weighted by molar-refractivity contribution is -0.0943. The minimum Gasteiger partial charge on any atom is -0.390 e. The second-order valence-electron chi connectivity index (χ2n) is 8.56. The number of aliphatic hydroxyl groups is 1. The zero-order chi connectivity index (χ0) is 24.3. The fraction of sp³-hybridized carbons (Fsp3) is 0.214. The van der Waals surface area contributed by atoms with Crippen LogP contribution >= 0.6 is 0 Å². The second-order valence-corrected chi connectivity index (χ2v) is 8.56. The third-order valence-electron chi connectivity index (χ3n) is 6.37. The SMILES string of the molecule is Nc1ccn([C@H]2C[C@@H](O)[C@H](COC(c3ccccc3)(c3ccccc3)c3ccccc3)O2)c(=O)n1. The lowest BCUT2D eigenvalue weighted by Gasteiger charge is -2.37. The van der Waals surface area contributed by atoms with Gasteiger partial charge in [-0.25, -0.2) is 4.79 Å². The van der Waals surface area contributed by atoms with Gasteiger partial charge in [0.2, 0.25) is 0 Å². The lowest BCUT2D eigenvalue weighted by Crippen LogP contribution is -2.38. The Morgan fingerprint density at radius 3 is 1.91 bits per heavy atom. The molecule has 1 aliphatic heterocycles. The molecule has 1 aromatic heterocycles. The summed E-state index contributed by atoms with van der Waals surface area (Å²) in [5, 5.41) is 10.8. The Hall–Kier alpha value is -3.78. The molecule has 7 nitrogen and oxygen atoms in total. The van der Waals surface area contributed by atoms with Crippen molar-refractivity contribution in [1.29, 1.82) is 0 Å². The van der Waals surface area contributed by atoms with Crippen LogP contribution in [0.5, 0.6) is 0 Å². The van der Waals surface area contributed by atoms with E-state index in [4.69, 9.17) is 15.2 Å². The summed E-state index contributed by atoms with van der Waals surface area (Å²) in [6.45, 7) is 0.105. The number of hydrogen-bond acceptors (Lipinski definition) is 6. The number of nitrogens with zero attached hydrogens (tertiary/aromatic N) is 2. The van der Waals surface area contributed by atoms with E-state index in [1.165, 1.54) is 16.8 Å². The average molecular weight is 470 g/mol. The van der Waals surface area contributed by atoms with Crippen LogP contribution in [0.15, 0.2) is 108 Å². The minimum atomic E-state index is -0.926. The molecule has 1 fully saturated rings. The van der Waals surface area contributed by atoms with Crippen LogP contribution < -0.4 is 11.4 Å². The molecule has 178 valence electrons. The summed E-state index contributed by atoms with van der Waals surface area (Å²) >= 11 is 0. The molecule has 3 atom stereocenters. The smallest absolute Gasteiger partial charge is 0.351 e. The van der Waals surface area contributed by atoms with Crippen molar-refractivity contribution < 1.29 is 14.6 Å². The quantitative estimate of drug-likeness (QED) is 0.402. The topological polar surface area (TPSA) is 99.6 Å². The molecule has 1 aliphatic rings. The molecule has 4 aromatic rings. The predicted octanol–water partition coefficient (Wildman–Crippen LogP) is 3.48. The van der Waals surface area contributed by atoms with Gasteiger partial charge >= 0.3 is 5.69 Å². The highest BCUT2D eigenvalue weighted by atomic mass is 16.6. The van der Waals surface area contributed by atoms with Gasteiger partial charge in [-0.3, -0.25) is 4.57 Å². The highest BCUT2D eigenvalue weighted by molar-refractivity contribution is 5.47. The number of aliphatic hydroxyl groups excluding tert-OH is 1. The van der Waals surface area contributed by atoms with E-state index in [1.54, 1.807) is 0 Å². The second kappa shape index (κ2) is 9.84. The number of aromatic nitrogens is 2. The van der Waals surface area contributed by atoms with E-state index < -0.39 is 29.7 Å². The van der Waals surface area contributed by atoms with E-state index in [0.29, 0.717) is 0 Å². The van der Waals surface area contributed by atoms with E-state index in [0.717, 1.165) is 16.7 Å². The van der Waals surface area contributed by atoms with Crippen LogP contribution in [0.1, 0.15) is 29.3 Å². The number of rotatable bonds is 7. The van der Waals surface area contributed by atoms with Crippen LogP contribution in [-0.4, -0.2) is 33.5 Å². The first-order valence-corrected chi connectivity index (χ1v) is 11.6. The molecular weight excluding hydrogens is 442 g/mol. The van der Waals surface area contributed by atoms with Gasteiger partial charge in [0, 0.05) is 12.6 Å². The molecule has 3 aromatic carbocycles. The highest BCUT2D eigenvalue weighted by Gasteiger charge is 2.41. The Labute approximate surface area is 203 Å². The van der Waals surface area contributed by atoms with E-state index >= 15 is 0 Å². The van der Waals surface area contributed by atoms with Crippen molar-refractivity contribution >= 4 is 5.82 Å². The van der Waals surface area contributed by atoms with Gasteiger partial charge in [-0.1, -0.05) is 91.0 Å². The van der Waals surface area contributed by atoms with Crippen molar-refractivity contribution in [1.82, 2.24) is 9.55 Å². The minimum absolute atomic E-state index is 0.105. The Balaban J connectivity index is 1.50. The van der Waals surface area contributed by atoms with E-state index in [1.807, 2.05) is 91.0 Å². The molecule has 0 bridgehead atoms. The van der Waals surface area contributed by atoms with Gasteiger partial charge < -0.3 is 20.3 Å². The largest absolute Gasteiger partial charge is 0.390 e. The Kier molecular flexibility index (Phi) is 6.46. The van der Waals surface area contributed by atoms with Crippen molar-refractivity contribution in [2.45, 2.75) is 30.5 Å². The molecule has 0 amide bonds. The van der Waals surface area contributed by atoms with Gasteiger partial charge in [-0.15, -0.1) is 0 Å². The number of anilines is 1. The molecule has 7 heteroatoms. The first-order chi connectivity index (χ1) is 17.1. The lowest BCUT2D eigenvalue weighted by atomic mass is 9.80. The maximum absolute atomic E-state index is 12.3. The maximum atomic E-state index is 12.3. The molecule has 0 aliphatic carbocycles. The zero-order valence-corrected chi connectivity index (χ0v) is 19.1. The van der Waals surface area contributed by atoms with Crippen molar-refractivity contribution in [3.05, 3.63) is 130 Å². The summed E-state index contributed by atoms with van der Waals surface area (Å²) in [5.74, 6) is 0.142. The first-order valence-electron chi connectivity index (χ1n) is 11.6. The molecule has 0 spiro atoms. The summed E-state index contributed by atoms with van der Waals surface area (Å²) in [5.41, 5.74) is 7.04. The van der Waals surface area contributed by atoms with Gasteiger partial charge in [0.25, 0.3) is 0 Å². The standard InChI is InChI=1S/C28H27N3O4/c29-25-16-17-31(27(33)30-25)26-18-23(32)24(35-26)19-34-28(20-10-4-1-5-11-20,21-12-6-2-7-13-21)22-14-8-3-9-15-22/h1-17,23-24,26,32H,18-19H2,(H2,29,30,33)/t23-,24+,26-/m1/s1. The molecular formula is C28H27N3O4. The number of benzene rings is 3. The number of hydrogen-bond donors (Lipinski definition) is 2. The van der Waals surface area contributed by atoms with Crippen LogP contribution in [0.25, 0.3) is 0 Å². The summed E-state index contributed by atoms with van der Waals surface area (Å²) in [7, 11) is 0. The van der Waals surface area contributed by atoms with E-state index in [2.05, 4.69) is 4.98 Å². The van der Waals surface area contributed by atoms with Gasteiger partial charge in [-0.2, -0.15) is 4.98 Å². The van der Waals surface area contributed by atoms with Crippen molar-refractivity contribution in [2.75, 3.05) is 12.3 Å². The van der Waals surface area contributed by atoms with Gasteiger partial charge in [0.15, 0.2) is 0 Å². The Morgan fingerprint density at radius 2 is 1.43 bits per heavy atom. The fourth-order valence-corrected chi connectivity index (χ4v) is 4.66. The van der Waals surface area contributed by atoms with Crippen LogP contribution in [-0.2, 0) is 15.1 Å². The number of nitrogen functional groups attached to an aromatic ring is 1. The third-order valence-corrected chi connectivity index (χ3v) is 6.37. The van der Waals surface area contributed by atoms with E-state index in [-0.39, 0.29) is 18.8 Å². The molecule has 0 unspecified atom stereocenters. The van der Waals surface area contributed by atoms with Crippen molar-refractivity contribution in [3.8, 4) is 0 Å². The Morgan fingerprint density at radius 1 is 0.914 bits per heavy atom. The predicted molar refractivity (Wildman–Crippen MR) is 133 cm³/mol. The molecule has 35 heavy (non-hydrogen) atoms. The molecule has 0 radical (unpaired) electrons. The van der Waals surface area contributed by atoms with E-state index in [9.17, 15) is 9.90 Å². The molecule has 3 N–H and O–H groups in total. The van der Waals surface area contributed by atoms with Crippen LogP contribution in [0.4, 0.5) is 5.82 Å². The van der Waals surface area contributed by atoms with Crippen LogP contribution in [0, 0.1) is 0 Å². The monoisotopic (exact) mass is 469 g/mol. The summed E-state index contributed by atoms with van der Waals surface area (Å²) in [6, 6.07) is 31.6. The van der Waals surface area contributed by atoms with Crippen LogP contribution in [0.3, 0.4) is 0 Å². The third kappa shape index (κ3) is 4.49. The van der Waals surface area contributed by atoms with Gasteiger partial charge in [-0.05, 0) is 22.8 Å². The molecule has 5 rings (SSSR count). The zero-order valence-electron chi connectivity index (χ0n) is 19.1. The summed E-state index contributed by atoms with van der Waals surface area (Å²) in [6.07, 6.45) is -0.328. The average Bonchev–Trinajstić information content (AvgIpc) is 3.26. The molecule has 2 heterocycles. The summed E-state index contributed by atoms with van der Waals surface area (Å²) in [4.78, 5) is 16.1.